The summed E-state index contributed by atoms with van der Waals surface area (Å²) in [6, 6.07) is 18.7. The second kappa shape index (κ2) is 6.84. The molecule has 3 aromatic rings. The second-order valence-corrected chi connectivity index (χ2v) is 6.39. The Balaban J connectivity index is 1.83. The van der Waals surface area contributed by atoms with Crippen LogP contribution in [0.3, 0.4) is 0 Å². The summed E-state index contributed by atoms with van der Waals surface area (Å²) in [5.41, 5.74) is 2.02. The van der Waals surface area contributed by atoms with Gasteiger partial charge in [0.25, 0.3) is 0 Å². The minimum Gasteiger partial charge on any atom is -0.481 e. The number of halogens is 1. The van der Waals surface area contributed by atoms with E-state index in [0.717, 1.165) is 26.8 Å². The number of carboxylic acid groups (broad SMARTS) is 1. The average Bonchev–Trinajstić information content (AvgIpc) is 2.55. The van der Waals surface area contributed by atoms with Crippen LogP contribution in [0.2, 0.25) is 0 Å². The van der Waals surface area contributed by atoms with Gasteiger partial charge in [0.1, 0.15) is 5.82 Å². The van der Waals surface area contributed by atoms with Gasteiger partial charge in [-0.05, 0) is 52.2 Å². The molecular formula is C19H15FO2S. The van der Waals surface area contributed by atoms with Gasteiger partial charge in [0.2, 0.25) is 0 Å². The molecule has 0 aliphatic heterocycles. The van der Waals surface area contributed by atoms with Crippen molar-refractivity contribution in [2.24, 2.45) is 0 Å². The van der Waals surface area contributed by atoms with Crippen LogP contribution in [0.5, 0.6) is 0 Å². The molecule has 0 fully saturated rings. The first-order valence-corrected chi connectivity index (χ1v) is 8.25. The Labute approximate surface area is 138 Å². The molecule has 0 spiro atoms. The molecule has 0 aromatic heterocycles. The van der Waals surface area contributed by atoms with Gasteiger partial charge in [-0.2, -0.15) is 0 Å². The molecule has 116 valence electrons. The molecule has 0 radical (unpaired) electrons. The molecule has 1 N–H and O–H groups in total. The van der Waals surface area contributed by atoms with E-state index in [0.29, 0.717) is 5.75 Å². The van der Waals surface area contributed by atoms with Gasteiger partial charge in [-0.25, -0.2) is 4.39 Å². The van der Waals surface area contributed by atoms with Crippen molar-refractivity contribution < 1.29 is 14.3 Å². The minimum atomic E-state index is -0.776. The molecule has 0 saturated carbocycles. The van der Waals surface area contributed by atoms with Crippen molar-refractivity contribution in [3.8, 4) is 11.1 Å². The van der Waals surface area contributed by atoms with Gasteiger partial charge in [-0.1, -0.05) is 30.3 Å². The summed E-state index contributed by atoms with van der Waals surface area (Å²) < 4.78 is 13.0. The van der Waals surface area contributed by atoms with Crippen molar-refractivity contribution >= 4 is 28.5 Å². The quantitative estimate of drug-likeness (QED) is 0.654. The van der Waals surface area contributed by atoms with Crippen molar-refractivity contribution in [2.45, 2.75) is 11.3 Å². The predicted molar refractivity (Wildman–Crippen MR) is 92.3 cm³/mol. The summed E-state index contributed by atoms with van der Waals surface area (Å²) in [4.78, 5) is 11.6. The van der Waals surface area contributed by atoms with E-state index in [2.05, 4.69) is 12.1 Å². The molecule has 0 aliphatic carbocycles. The van der Waals surface area contributed by atoms with Crippen molar-refractivity contribution in [2.75, 3.05) is 5.75 Å². The number of benzene rings is 3. The number of fused-ring (bicyclic) bond motifs is 1. The average molecular weight is 326 g/mol. The lowest BCUT2D eigenvalue weighted by molar-refractivity contribution is -0.136. The fourth-order valence-electron chi connectivity index (χ4n) is 2.39. The lowest BCUT2D eigenvalue weighted by Gasteiger charge is -2.06. The fourth-order valence-corrected chi connectivity index (χ4v) is 3.28. The Bertz CT molecular complexity index is 844. The molecule has 3 aromatic carbocycles. The molecule has 23 heavy (non-hydrogen) atoms. The van der Waals surface area contributed by atoms with Gasteiger partial charge in [0, 0.05) is 10.6 Å². The van der Waals surface area contributed by atoms with Gasteiger partial charge in [-0.15, -0.1) is 11.8 Å². The predicted octanol–water partition coefficient (Wildman–Crippen LogP) is 5.21. The zero-order valence-corrected chi connectivity index (χ0v) is 13.1. The van der Waals surface area contributed by atoms with Gasteiger partial charge in [-0.3, -0.25) is 4.79 Å². The summed E-state index contributed by atoms with van der Waals surface area (Å²) in [5, 5.41) is 10.9. The maximum Gasteiger partial charge on any atom is 0.304 e. The van der Waals surface area contributed by atoms with Crippen LogP contribution >= 0.6 is 11.8 Å². The Kier molecular flexibility index (Phi) is 4.63. The topological polar surface area (TPSA) is 37.3 Å². The Morgan fingerprint density at radius 1 is 0.913 bits per heavy atom. The van der Waals surface area contributed by atoms with Crippen LogP contribution < -0.4 is 0 Å². The van der Waals surface area contributed by atoms with Crippen molar-refractivity contribution in [1.29, 1.82) is 0 Å². The van der Waals surface area contributed by atoms with E-state index in [4.69, 9.17) is 5.11 Å². The number of carboxylic acids is 1. The minimum absolute atomic E-state index is 0.159. The summed E-state index contributed by atoms with van der Waals surface area (Å²) in [6.07, 6.45) is 0.159. The van der Waals surface area contributed by atoms with Gasteiger partial charge >= 0.3 is 5.97 Å². The second-order valence-electron chi connectivity index (χ2n) is 5.22. The number of thioether (sulfide) groups is 1. The standard InChI is InChI=1S/C19H15FO2S/c20-17-6-3-13(4-7-17)14-1-2-16-12-18(8-5-15(16)11-14)23-10-9-19(21)22/h1-8,11-12H,9-10H2,(H,21,22). The third-order valence-corrected chi connectivity index (χ3v) is 4.57. The van der Waals surface area contributed by atoms with Crippen LogP contribution in [0, 0.1) is 5.82 Å². The third kappa shape index (κ3) is 3.90. The number of carbonyl (C=O) groups is 1. The van der Waals surface area contributed by atoms with Gasteiger partial charge in [0.05, 0.1) is 6.42 Å². The maximum atomic E-state index is 13.0. The first-order chi connectivity index (χ1) is 11.1. The van der Waals surface area contributed by atoms with E-state index in [1.54, 1.807) is 23.9 Å². The number of hydrogen-bond donors (Lipinski definition) is 1. The van der Waals surface area contributed by atoms with Crippen LogP contribution in [0.1, 0.15) is 6.42 Å². The van der Waals surface area contributed by atoms with Crippen LogP contribution in [-0.2, 0) is 4.79 Å². The zero-order chi connectivity index (χ0) is 16.2. The molecule has 0 aliphatic rings. The monoisotopic (exact) mass is 326 g/mol. The lowest BCUT2D eigenvalue weighted by atomic mass is 10.0. The first-order valence-electron chi connectivity index (χ1n) is 7.26. The van der Waals surface area contributed by atoms with Crippen LogP contribution in [0.4, 0.5) is 4.39 Å². The molecule has 2 nitrogen and oxygen atoms in total. The zero-order valence-electron chi connectivity index (χ0n) is 12.3. The summed E-state index contributed by atoms with van der Waals surface area (Å²) >= 11 is 1.54. The molecule has 0 amide bonds. The fraction of sp³-hybridized carbons (Fsp3) is 0.105. The molecule has 0 bridgehead atoms. The Hall–Kier alpha value is -2.33. The van der Waals surface area contributed by atoms with E-state index >= 15 is 0 Å². The summed E-state index contributed by atoms with van der Waals surface area (Å²) in [6.45, 7) is 0. The van der Waals surface area contributed by atoms with E-state index < -0.39 is 5.97 Å². The van der Waals surface area contributed by atoms with Crippen LogP contribution in [0.15, 0.2) is 65.6 Å². The number of rotatable bonds is 5. The van der Waals surface area contributed by atoms with Crippen molar-refractivity contribution in [3.05, 3.63) is 66.5 Å². The van der Waals surface area contributed by atoms with E-state index in [1.165, 1.54) is 12.1 Å². The van der Waals surface area contributed by atoms with E-state index in [-0.39, 0.29) is 12.2 Å². The number of aliphatic carboxylic acids is 1. The molecule has 0 heterocycles. The van der Waals surface area contributed by atoms with Gasteiger partial charge < -0.3 is 5.11 Å². The molecular weight excluding hydrogens is 311 g/mol. The van der Waals surface area contributed by atoms with Crippen LogP contribution in [0.25, 0.3) is 21.9 Å². The molecule has 0 atom stereocenters. The van der Waals surface area contributed by atoms with E-state index in [9.17, 15) is 9.18 Å². The highest BCUT2D eigenvalue weighted by atomic mass is 32.2. The highest BCUT2D eigenvalue weighted by molar-refractivity contribution is 7.99. The van der Waals surface area contributed by atoms with Crippen LogP contribution in [-0.4, -0.2) is 16.8 Å². The highest BCUT2D eigenvalue weighted by Crippen LogP contribution is 2.28. The summed E-state index contributed by atoms with van der Waals surface area (Å²) in [7, 11) is 0. The normalized spacial score (nSPS) is 10.8. The molecule has 0 saturated heterocycles. The Morgan fingerprint density at radius 3 is 2.30 bits per heavy atom. The molecule has 4 heteroatoms. The summed E-state index contributed by atoms with van der Waals surface area (Å²) in [5.74, 6) is -0.450. The third-order valence-electron chi connectivity index (χ3n) is 3.57. The Morgan fingerprint density at radius 2 is 1.57 bits per heavy atom. The molecule has 3 rings (SSSR count). The van der Waals surface area contributed by atoms with Crippen molar-refractivity contribution in [1.82, 2.24) is 0 Å². The number of hydrogen-bond acceptors (Lipinski definition) is 2. The molecule has 0 unspecified atom stereocenters. The SMILES string of the molecule is O=C(O)CCSc1ccc2cc(-c3ccc(F)cc3)ccc2c1. The van der Waals surface area contributed by atoms with Crippen molar-refractivity contribution in [3.63, 3.8) is 0 Å². The highest BCUT2D eigenvalue weighted by Gasteiger charge is 2.03. The largest absolute Gasteiger partial charge is 0.481 e. The smallest absolute Gasteiger partial charge is 0.304 e. The maximum absolute atomic E-state index is 13.0. The first kappa shape index (κ1) is 15.6. The van der Waals surface area contributed by atoms with E-state index in [1.807, 2.05) is 24.3 Å². The lowest BCUT2D eigenvalue weighted by Crippen LogP contribution is -1.95. The van der Waals surface area contributed by atoms with Gasteiger partial charge in [0.15, 0.2) is 0 Å².